The lowest BCUT2D eigenvalue weighted by molar-refractivity contribution is 0.176. The fourth-order valence-electron chi connectivity index (χ4n) is 2.48. The van der Waals surface area contributed by atoms with E-state index in [9.17, 15) is 10.2 Å². The average molecular weight is 272 g/mol. The van der Waals surface area contributed by atoms with Crippen molar-refractivity contribution in [1.82, 2.24) is 0 Å². The van der Waals surface area contributed by atoms with Gasteiger partial charge in [-0.25, -0.2) is 0 Å². The van der Waals surface area contributed by atoms with E-state index in [1.165, 1.54) is 0 Å². The number of aliphatic hydroxyl groups is 2. The molecule has 0 radical (unpaired) electrons. The van der Waals surface area contributed by atoms with Gasteiger partial charge in [0, 0.05) is 16.9 Å². The van der Waals surface area contributed by atoms with Crippen LogP contribution < -0.4 is 11.5 Å². The summed E-state index contributed by atoms with van der Waals surface area (Å²) in [5.74, 6) is 0. The van der Waals surface area contributed by atoms with Crippen LogP contribution >= 0.6 is 0 Å². The van der Waals surface area contributed by atoms with Gasteiger partial charge in [-0.1, -0.05) is 18.2 Å². The van der Waals surface area contributed by atoms with Crippen LogP contribution in [0.3, 0.4) is 0 Å². The minimum Gasteiger partial charge on any atom is -0.399 e. The van der Waals surface area contributed by atoms with Crippen LogP contribution in [-0.2, 0) is 0 Å². The molecule has 2 unspecified atom stereocenters. The highest BCUT2D eigenvalue weighted by atomic mass is 16.3. The van der Waals surface area contributed by atoms with Crippen LogP contribution in [0.4, 0.5) is 11.4 Å². The topological polar surface area (TPSA) is 92.5 Å². The zero-order valence-electron chi connectivity index (χ0n) is 11.7. The number of nitrogens with two attached hydrogens (primary N) is 2. The quantitative estimate of drug-likeness (QED) is 0.646. The molecule has 2 atom stereocenters. The van der Waals surface area contributed by atoms with Gasteiger partial charge in [0.25, 0.3) is 0 Å². The van der Waals surface area contributed by atoms with Crippen molar-refractivity contribution >= 4 is 11.4 Å². The number of hydrogen-bond acceptors (Lipinski definition) is 4. The van der Waals surface area contributed by atoms with Gasteiger partial charge in [0.1, 0.15) is 0 Å². The van der Waals surface area contributed by atoms with Crippen LogP contribution in [0.15, 0.2) is 36.4 Å². The van der Waals surface area contributed by atoms with E-state index in [1.54, 1.807) is 32.0 Å². The number of benzene rings is 2. The Hall–Kier alpha value is -2.04. The molecule has 0 aliphatic heterocycles. The van der Waals surface area contributed by atoms with Crippen LogP contribution in [0, 0.1) is 0 Å². The minimum absolute atomic E-state index is 0.482. The van der Waals surface area contributed by atoms with Crippen molar-refractivity contribution in [2.75, 3.05) is 11.5 Å². The second-order valence-electron chi connectivity index (χ2n) is 5.00. The largest absolute Gasteiger partial charge is 0.399 e. The Morgan fingerprint density at radius 2 is 1.35 bits per heavy atom. The Balaban J connectivity index is 2.70. The maximum Gasteiger partial charge on any atom is 0.0785 e. The lowest BCUT2D eigenvalue weighted by Crippen LogP contribution is -2.08. The summed E-state index contributed by atoms with van der Waals surface area (Å²) in [6.07, 6.45) is -1.47. The zero-order chi connectivity index (χ0) is 14.9. The molecule has 2 aromatic carbocycles. The molecule has 0 fully saturated rings. The van der Waals surface area contributed by atoms with Crippen LogP contribution in [0.5, 0.6) is 0 Å². The molecule has 0 heterocycles. The van der Waals surface area contributed by atoms with E-state index in [-0.39, 0.29) is 0 Å². The van der Waals surface area contributed by atoms with Gasteiger partial charge in [-0.3, -0.25) is 0 Å². The highest BCUT2D eigenvalue weighted by Gasteiger charge is 2.20. The molecule has 0 saturated heterocycles. The van der Waals surface area contributed by atoms with E-state index < -0.39 is 12.2 Å². The Labute approximate surface area is 118 Å². The lowest BCUT2D eigenvalue weighted by atomic mass is 9.89. The van der Waals surface area contributed by atoms with Gasteiger partial charge in [0.15, 0.2) is 0 Å². The molecule has 2 aromatic rings. The summed E-state index contributed by atoms with van der Waals surface area (Å²) in [6.45, 7) is 3.31. The van der Waals surface area contributed by atoms with Crippen molar-refractivity contribution in [2.45, 2.75) is 26.1 Å². The monoisotopic (exact) mass is 272 g/mol. The molecule has 0 saturated carbocycles. The number of aliphatic hydroxyl groups excluding tert-OH is 2. The molecule has 2 rings (SSSR count). The Bertz CT molecular complexity index is 605. The van der Waals surface area contributed by atoms with Crippen molar-refractivity contribution in [2.24, 2.45) is 0 Å². The van der Waals surface area contributed by atoms with E-state index in [4.69, 9.17) is 11.5 Å². The fraction of sp³-hybridized carbons (Fsp3) is 0.250. The predicted octanol–water partition coefficient (Wildman–Crippen LogP) is 2.62. The molecule has 0 amide bonds. The maximum absolute atomic E-state index is 10.1. The number of hydrogen-bond donors (Lipinski definition) is 4. The average Bonchev–Trinajstić information content (AvgIpc) is 2.39. The van der Waals surface area contributed by atoms with Gasteiger partial charge < -0.3 is 21.7 Å². The van der Waals surface area contributed by atoms with Crippen molar-refractivity contribution in [3.63, 3.8) is 0 Å². The SMILES string of the molecule is CC(O)c1c(N)ccc(-c2ccc(N)cc2)c1C(C)O. The van der Waals surface area contributed by atoms with E-state index >= 15 is 0 Å². The second-order valence-corrected chi connectivity index (χ2v) is 5.00. The number of rotatable bonds is 3. The molecule has 106 valence electrons. The lowest BCUT2D eigenvalue weighted by Gasteiger charge is -2.21. The summed E-state index contributed by atoms with van der Waals surface area (Å²) in [7, 11) is 0. The van der Waals surface area contributed by atoms with Gasteiger partial charge in [-0.05, 0) is 48.7 Å². The number of nitrogen functional groups attached to an aromatic ring is 2. The third-order valence-electron chi connectivity index (χ3n) is 3.38. The smallest absolute Gasteiger partial charge is 0.0785 e. The molecule has 0 bridgehead atoms. The molecule has 4 heteroatoms. The normalized spacial score (nSPS) is 14.0. The van der Waals surface area contributed by atoms with Gasteiger partial charge >= 0.3 is 0 Å². The first kappa shape index (κ1) is 14.4. The van der Waals surface area contributed by atoms with Gasteiger partial charge in [0.2, 0.25) is 0 Å². The zero-order valence-corrected chi connectivity index (χ0v) is 11.7. The molecule has 0 aliphatic rings. The predicted molar refractivity (Wildman–Crippen MR) is 82.0 cm³/mol. The molecule has 20 heavy (non-hydrogen) atoms. The van der Waals surface area contributed by atoms with Crippen molar-refractivity contribution < 1.29 is 10.2 Å². The third kappa shape index (κ3) is 2.61. The summed E-state index contributed by atoms with van der Waals surface area (Å²) in [4.78, 5) is 0. The first-order valence-electron chi connectivity index (χ1n) is 6.56. The summed E-state index contributed by atoms with van der Waals surface area (Å²) in [6, 6.07) is 11.0. The van der Waals surface area contributed by atoms with Gasteiger partial charge in [-0.2, -0.15) is 0 Å². The third-order valence-corrected chi connectivity index (χ3v) is 3.38. The maximum atomic E-state index is 10.1. The standard InChI is InChI=1S/C16H20N2O2/c1-9(19)15-13(11-3-5-12(17)6-4-11)7-8-14(18)16(15)10(2)20/h3-10,19-20H,17-18H2,1-2H3. The summed E-state index contributed by atoms with van der Waals surface area (Å²) in [5, 5.41) is 20.0. The van der Waals surface area contributed by atoms with Crippen molar-refractivity contribution in [3.05, 3.63) is 47.5 Å². The summed E-state index contributed by atoms with van der Waals surface area (Å²) < 4.78 is 0. The molecule has 6 N–H and O–H groups in total. The molecular weight excluding hydrogens is 252 g/mol. The van der Waals surface area contributed by atoms with E-state index in [0.29, 0.717) is 22.5 Å². The van der Waals surface area contributed by atoms with E-state index in [2.05, 4.69) is 0 Å². The summed E-state index contributed by atoms with van der Waals surface area (Å²) in [5.41, 5.74) is 15.8. The highest BCUT2D eigenvalue weighted by molar-refractivity contribution is 5.74. The van der Waals surface area contributed by atoms with Crippen molar-refractivity contribution in [3.8, 4) is 11.1 Å². The Morgan fingerprint density at radius 3 is 1.85 bits per heavy atom. The first-order chi connectivity index (χ1) is 9.41. The first-order valence-corrected chi connectivity index (χ1v) is 6.56. The van der Waals surface area contributed by atoms with Crippen LogP contribution in [0.1, 0.15) is 37.2 Å². The molecular formula is C16H20N2O2. The van der Waals surface area contributed by atoms with Crippen molar-refractivity contribution in [1.29, 1.82) is 0 Å². The Kier molecular flexibility index (Phi) is 3.97. The summed E-state index contributed by atoms with van der Waals surface area (Å²) >= 11 is 0. The van der Waals surface area contributed by atoms with Crippen LogP contribution in [0.25, 0.3) is 11.1 Å². The second kappa shape index (κ2) is 5.53. The van der Waals surface area contributed by atoms with E-state index in [0.717, 1.165) is 11.1 Å². The highest BCUT2D eigenvalue weighted by Crippen LogP contribution is 2.37. The fourth-order valence-corrected chi connectivity index (χ4v) is 2.48. The van der Waals surface area contributed by atoms with Gasteiger partial charge in [0.05, 0.1) is 12.2 Å². The van der Waals surface area contributed by atoms with Crippen LogP contribution in [-0.4, -0.2) is 10.2 Å². The van der Waals surface area contributed by atoms with E-state index in [1.807, 2.05) is 18.2 Å². The molecule has 0 aromatic heterocycles. The minimum atomic E-state index is -0.742. The van der Waals surface area contributed by atoms with Gasteiger partial charge in [-0.15, -0.1) is 0 Å². The molecule has 0 spiro atoms. The number of anilines is 2. The van der Waals surface area contributed by atoms with Crippen LogP contribution in [0.2, 0.25) is 0 Å². The molecule has 0 aliphatic carbocycles. The Morgan fingerprint density at radius 1 is 0.800 bits per heavy atom. The molecule has 4 nitrogen and oxygen atoms in total.